The Hall–Kier alpha value is -2.67. The van der Waals surface area contributed by atoms with E-state index < -0.39 is 28.5 Å². The number of hydrogen-bond donors (Lipinski definition) is 1. The van der Waals surface area contributed by atoms with Crippen LogP contribution < -0.4 is 14.8 Å². The van der Waals surface area contributed by atoms with Crippen molar-refractivity contribution in [3.63, 3.8) is 0 Å². The topological polar surface area (TPSA) is 120 Å². The second kappa shape index (κ2) is 11.5. The van der Waals surface area contributed by atoms with E-state index in [1.54, 1.807) is 24.3 Å². The van der Waals surface area contributed by atoms with E-state index in [0.29, 0.717) is 19.0 Å². The van der Waals surface area contributed by atoms with Gasteiger partial charge in [0.25, 0.3) is 5.91 Å². The zero-order valence-electron chi connectivity index (χ0n) is 17.8. The lowest BCUT2D eigenvalue weighted by Gasteiger charge is -2.26. The molecule has 2 aromatic carbocycles. The Bertz CT molecular complexity index is 1090. The molecule has 0 aliphatic carbocycles. The van der Waals surface area contributed by atoms with Crippen molar-refractivity contribution in [2.24, 2.45) is 0 Å². The third-order valence-electron chi connectivity index (χ3n) is 4.59. The number of hydrogen-bond acceptors (Lipinski definition) is 8. The first-order valence-corrected chi connectivity index (χ1v) is 12.1. The predicted molar refractivity (Wildman–Crippen MR) is 122 cm³/mol. The number of ether oxygens (including phenoxy) is 4. The highest BCUT2D eigenvalue weighted by atomic mass is 79.9. The Labute approximate surface area is 199 Å². The zero-order chi connectivity index (χ0) is 23.8. The summed E-state index contributed by atoms with van der Waals surface area (Å²) < 4.78 is 48.4. The SMILES string of the molecule is COc1cc(S(=O)(=O)N2CCOCC2)ccc1NC(=O)COC(=O)COc1ccc(Br)cc1. The number of nitrogens with one attached hydrogen (secondary N) is 1. The number of benzene rings is 2. The highest BCUT2D eigenvalue weighted by Gasteiger charge is 2.27. The van der Waals surface area contributed by atoms with Crippen molar-refractivity contribution >= 4 is 43.5 Å². The molecule has 2 aromatic rings. The number of nitrogens with zero attached hydrogens (tertiary/aromatic N) is 1. The summed E-state index contributed by atoms with van der Waals surface area (Å²) in [7, 11) is -2.36. The minimum atomic E-state index is -3.72. The molecule has 10 nitrogen and oxygen atoms in total. The monoisotopic (exact) mass is 542 g/mol. The van der Waals surface area contributed by atoms with Gasteiger partial charge in [0.1, 0.15) is 11.5 Å². The molecule has 3 rings (SSSR count). The van der Waals surface area contributed by atoms with E-state index in [1.807, 2.05) is 0 Å². The fourth-order valence-electron chi connectivity index (χ4n) is 2.92. The Kier molecular flexibility index (Phi) is 8.67. The van der Waals surface area contributed by atoms with Gasteiger partial charge >= 0.3 is 5.97 Å². The van der Waals surface area contributed by atoms with Gasteiger partial charge in [-0.3, -0.25) is 4.79 Å². The number of esters is 1. The summed E-state index contributed by atoms with van der Waals surface area (Å²) >= 11 is 3.30. The summed E-state index contributed by atoms with van der Waals surface area (Å²) in [5.74, 6) is -0.694. The van der Waals surface area contributed by atoms with Gasteiger partial charge in [-0.25, -0.2) is 13.2 Å². The van der Waals surface area contributed by atoms with Gasteiger partial charge in [-0.2, -0.15) is 4.31 Å². The van der Waals surface area contributed by atoms with Gasteiger partial charge in [0.2, 0.25) is 10.0 Å². The number of carbonyl (C=O) groups is 2. The zero-order valence-corrected chi connectivity index (χ0v) is 20.2. The maximum Gasteiger partial charge on any atom is 0.344 e. The maximum atomic E-state index is 12.8. The van der Waals surface area contributed by atoms with Crippen LogP contribution in [0.4, 0.5) is 5.69 Å². The highest BCUT2D eigenvalue weighted by molar-refractivity contribution is 9.10. The van der Waals surface area contributed by atoms with Crippen LogP contribution in [0.3, 0.4) is 0 Å². The van der Waals surface area contributed by atoms with Gasteiger partial charge in [-0.05, 0) is 36.4 Å². The molecule has 0 aromatic heterocycles. The fourth-order valence-corrected chi connectivity index (χ4v) is 4.61. The lowest BCUT2D eigenvalue weighted by Crippen LogP contribution is -2.40. The molecule has 1 heterocycles. The Morgan fingerprint density at radius 3 is 2.45 bits per heavy atom. The largest absolute Gasteiger partial charge is 0.495 e. The molecule has 178 valence electrons. The Morgan fingerprint density at radius 2 is 1.79 bits per heavy atom. The van der Waals surface area contributed by atoms with Crippen LogP contribution in [-0.2, 0) is 29.1 Å². The molecule has 12 heteroatoms. The molecular formula is C21H23BrN2O8S. The van der Waals surface area contributed by atoms with Crippen molar-refractivity contribution in [3.8, 4) is 11.5 Å². The lowest BCUT2D eigenvalue weighted by atomic mass is 10.3. The van der Waals surface area contributed by atoms with Crippen LogP contribution in [0, 0.1) is 0 Å². The van der Waals surface area contributed by atoms with E-state index in [4.69, 9.17) is 18.9 Å². The molecule has 1 aliphatic heterocycles. The predicted octanol–water partition coefficient (Wildman–Crippen LogP) is 2.04. The molecule has 1 N–H and O–H groups in total. The first kappa shape index (κ1) is 25.0. The number of methoxy groups -OCH3 is 1. The van der Waals surface area contributed by atoms with E-state index in [-0.39, 0.29) is 36.0 Å². The summed E-state index contributed by atoms with van der Waals surface area (Å²) in [6.07, 6.45) is 0. The molecule has 0 unspecified atom stereocenters. The number of carbonyl (C=O) groups excluding carboxylic acids is 2. The van der Waals surface area contributed by atoms with Crippen LogP contribution in [0.5, 0.6) is 11.5 Å². The van der Waals surface area contributed by atoms with Crippen LogP contribution in [-0.4, -0.2) is 71.2 Å². The van der Waals surface area contributed by atoms with Gasteiger partial charge in [-0.1, -0.05) is 15.9 Å². The van der Waals surface area contributed by atoms with Crippen molar-refractivity contribution in [1.29, 1.82) is 0 Å². The van der Waals surface area contributed by atoms with Crippen molar-refractivity contribution in [2.75, 3.05) is 51.9 Å². The number of rotatable bonds is 9. The molecule has 0 radical (unpaired) electrons. The quantitative estimate of drug-likeness (QED) is 0.478. The minimum Gasteiger partial charge on any atom is -0.495 e. The average Bonchev–Trinajstić information content (AvgIpc) is 2.83. The third-order valence-corrected chi connectivity index (χ3v) is 7.01. The highest BCUT2D eigenvalue weighted by Crippen LogP contribution is 2.29. The van der Waals surface area contributed by atoms with Crippen molar-refractivity contribution < 1.29 is 37.0 Å². The molecule has 1 amide bonds. The number of morpholine rings is 1. The average molecular weight is 543 g/mol. The summed E-state index contributed by atoms with van der Waals surface area (Å²) in [6, 6.07) is 11.0. The van der Waals surface area contributed by atoms with Crippen LogP contribution in [0.2, 0.25) is 0 Å². The normalized spacial score (nSPS) is 14.4. The van der Waals surface area contributed by atoms with Gasteiger partial charge in [0.15, 0.2) is 13.2 Å². The molecule has 0 saturated carbocycles. The van der Waals surface area contributed by atoms with E-state index in [2.05, 4.69) is 21.2 Å². The summed E-state index contributed by atoms with van der Waals surface area (Å²) in [5.41, 5.74) is 0.241. The standard InChI is InChI=1S/C21H23BrN2O8S/c1-29-19-12-17(33(27,28)24-8-10-30-11-9-24)6-7-18(19)23-20(25)13-32-21(26)14-31-16-4-2-15(22)3-5-16/h2-7,12H,8-11,13-14H2,1H3,(H,23,25). The van der Waals surface area contributed by atoms with E-state index in [1.165, 1.54) is 29.6 Å². The second-order valence-corrected chi connectivity index (χ2v) is 9.68. The minimum absolute atomic E-state index is 0.0377. The van der Waals surface area contributed by atoms with Crippen molar-refractivity contribution in [3.05, 3.63) is 46.9 Å². The number of amides is 1. The van der Waals surface area contributed by atoms with Gasteiger partial charge in [0, 0.05) is 23.6 Å². The molecule has 1 aliphatic rings. The fraction of sp³-hybridized carbons (Fsp3) is 0.333. The molecule has 0 atom stereocenters. The summed E-state index contributed by atoms with van der Waals surface area (Å²) in [4.78, 5) is 24.1. The molecule has 1 saturated heterocycles. The van der Waals surface area contributed by atoms with E-state index in [0.717, 1.165) is 4.47 Å². The van der Waals surface area contributed by atoms with Gasteiger partial charge < -0.3 is 24.3 Å². The van der Waals surface area contributed by atoms with Crippen LogP contribution in [0.1, 0.15) is 0 Å². The number of halogens is 1. The van der Waals surface area contributed by atoms with Gasteiger partial charge in [-0.15, -0.1) is 0 Å². The van der Waals surface area contributed by atoms with Gasteiger partial charge in [0.05, 0.1) is 30.9 Å². The Balaban J connectivity index is 1.54. The van der Waals surface area contributed by atoms with Crippen LogP contribution in [0.15, 0.2) is 51.8 Å². The molecular weight excluding hydrogens is 520 g/mol. The third kappa shape index (κ3) is 6.90. The molecule has 0 spiro atoms. The lowest BCUT2D eigenvalue weighted by molar-refractivity contribution is -0.149. The van der Waals surface area contributed by atoms with Crippen LogP contribution in [0.25, 0.3) is 0 Å². The first-order valence-electron chi connectivity index (χ1n) is 9.89. The molecule has 0 bridgehead atoms. The Morgan fingerprint density at radius 1 is 1.09 bits per heavy atom. The van der Waals surface area contributed by atoms with Crippen LogP contribution >= 0.6 is 15.9 Å². The first-order chi connectivity index (χ1) is 15.8. The number of sulfonamides is 1. The summed E-state index contributed by atoms with van der Waals surface area (Å²) in [5, 5.41) is 2.54. The van der Waals surface area contributed by atoms with Crippen molar-refractivity contribution in [2.45, 2.75) is 4.90 Å². The van der Waals surface area contributed by atoms with E-state index in [9.17, 15) is 18.0 Å². The summed E-state index contributed by atoms with van der Waals surface area (Å²) in [6.45, 7) is 0.292. The maximum absolute atomic E-state index is 12.8. The molecule has 1 fully saturated rings. The smallest absolute Gasteiger partial charge is 0.344 e. The van der Waals surface area contributed by atoms with E-state index >= 15 is 0 Å². The van der Waals surface area contributed by atoms with Crippen molar-refractivity contribution in [1.82, 2.24) is 4.31 Å². The second-order valence-electron chi connectivity index (χ2n) is 6.83. The number of anilines is 1. The molecule has 33 heavy (non-hydrogen) atoms.